The molecule has 0 spiro atoms. The molecule has 0 bridgehead atoms. The van der Waals surface area contributed by atoms with Gasteiger partial charge in [0.2, 0.25) is 0 Å². The number of nitrogens with two attached hydrogens (primary N) is 1. The fraction of sp³-hybridized carbons (Fsp3) is 0.273. The maximum atomic E-state index is 12.5. The number of amides is 1. The van der Waals surface area contributed by atoms with Crippen LogP contribution in [0.15, 0.2) is 23.3 Å². The summed E-state index contributed by atoms with van der Waals surface area (Å²) in [4.78, 5) is 10.6. The highest BCUT2D eigenvalue weighted by Gasteiger charge is 2.46. The van der Waals surface area contributed by atoms with Gasteiger partial charge < -0.3 is 5.11 Å². The van der Waals surface area contributed by atoms with Crippen molar-refractivity contribution in [2.24, 2.45) is 10.9 Å². The van der Waals surface area contributed by atoms with E-state index >= 15 is 0 Å². The van der Waals surface area contributed by atoms with Crippen LogP contribution < -0.4 is 10.6 Å². The second-order valence-corrected chi connectivity index (χ2v) is 6.09. The summed E-state index contributed by atoms with van der Waals surface area (Å²) in [5.41, 5.74) is -5.47. The van der Waals surface area contributed by atoms with Gasteiger partial charge in [0.15, 0.2) is 0 Å². The monoisotopic (exact) mass is 354 g/mol. The number of hydrogen-bond donors (Lipinski definition) is 3. The first-order valence-corrected chi connectivity index (χ1v) is 7.36. The lowest BCUT2D eigenvalue weighted by Gasteiger charge is -2.15. The Balaban J connectivity index is 3.35. The van der Waals surface area contributed by atoms with Crippen molar-refractivity contribution >= 4 is 27.5 Å². The predicted molar refractivity (Wildman–Crippen MR) is 76.0 cm³/mol. The number of hydrogen-bond acceptors (Lipinski definition) is 5. The Kier molecular flexibility index (Phi) is 5.22. The van der Waals surface area contributed by atoms with Crippen LogP contribution in [0.5, 0.6) is 0 Å². The molecule has 0 aliphatic heterocycles. The molecule has 1 amide bonds. The molecule has 1 aromatic rings. The smallest absolute Gasteiger partial charge is 0.463 e. The fourth-order valence-electron chi connectivity index (χ4n) is 1.51. The normalized spacial score (nSPS) is 12.9. The van der Waals surface area contributed by atoms with Crippen molar-refractivity contribution < 1.29 is 31.5 Å². The number of halogens is 3. The van der Waals surface area contributed by atoms with Crippen LogP contribution in [0.2, 0.25) is 0 Å². The zero-order valence-corrected chi connectivity index (χ0v) is 12.7. The quantitative estimate of drug-likeness (QED) is 0.329. The lowest BCUT2D eigenvalue weighted by atomic mass is 10.1. The molecule has 0 unspecified atom stereocenters. The van der Waals surface area contributed by atoms with Crippen LogP contribution in [0.25, 0.3) is 0 Å². The summed E-state index contributed by atoms with van der Waals surface area (Å²) >= 11 is 0. The number of sulfonamides is 1. The van der Waals surface area contributed by atoms with E-state index in [0.29, 0.717) is 5.56 Å². The van der Waals surface area contributed by atoms with E-state index in [9.17, 15) is 26.4 Å². The molecule has 0 aliphatic rings. The Morgan fingerprint density at radius 1 is 1.39 bits per heavy atom. The van der Waals surface area contributed by atoms with E-state index in [1.807, 2.05) is 0 Å². The molecule has 0 heterocycles. The highest BCUT2D eigenvalue weighted by Crippen LogP contribution is 2.27. The van der Waals surface area contributed by atoms with E-state index in [-0.39, 0.29) is 16.4 Å². The summed E-state index contributed by atoms with van der Waals surface area (Å²) in [6, 6.07) is 3.82. The van der Waals surface area contributed by atoms with Crippen molar-refractivity contribution in [1.29, 1.82) is 0 Å². The lowest BCUT2D eigenvalue weighted by Crippen LogP contribution is -2.32. The van der Waals surface area contributed by atoms with Crippen molar-refractivity contribution in [3.05, 3.63) is 29.3 Å². The molecule has 0 fully saturated rings. The van der Waals surface area contributed by atoms with Gasteiger partial charge in [-0.25, -0.2) is 10.6 Å². The van der Waals surface area contributed by atoms with Crippen LogP contribution in [0.1, 0.15) is 18.1 Å². The number of carboxylic acid groups (broad SMARTS) is 1. The molecule has 0 saturated heterocycles. The van der Waals surface area contributed by atoms with E-state index in [1.54, 1.807) is 6.92 Å². The van der Waals surface area contributed by atoms with Crippen LogP contribution in [0, 0.1) is 6.92 Å². The van der Waals surface area contributed by atoms with E-state index in [1.165, 1.54) is 23.8 Å². The third-order valence-electron chi connectivity index (χ3n) is 2.57. The topological polar surface area (TPSA) is 125 Å². The SMILES string of the molecule is C/C(=N\N(N)C(=O)O)c1cc(C)ccc1NS(=O)(=O)C(F)(F)F. The Morgan fingerprint density at radius 3 is 2.43 bits per heavy atom. The number of hydrazone groups is 1. The molecule has 8 nitrogen and oxygen atoms in total. The van der Waals surface area contributed by atoms with Gasteiger partial charge in [-0.05, 0) is 26.0 Å². The van der Waals surface area contributed by atoms with Crippen LogP contribution >= 0.6 is 0 Å². The van der Waals surface area contributed by atoms with E-state index in [2.05, 4.69) is 5.10 Å². The van der Waals surface area contributed by atoms with E-state index < -0.39 is 27.3 Å². The fourth-order valence-corrected chi connectivity index (χ4v) is 2.09. The second-order valence-electron chi connectivity index (χ2n) is 4.41. The molecule has 23 heavy (non-hydrogen) atoms. The van der Waals surface area contributed by atoms with Gasteiger partial charge in [-0.15, -0.1) is 5.12 Å². The van der Waals surface area contributed by atoms with Gasteiger partial charge in [-0.2, -0.15) is 26.7 Å². The van der Waals surface area contributed by atoms with Gasteiger partial charge in [-0.1, -0.05) is 11.6 Å². The molecule has 0 radical (unpaired) electrons. The van der Waals surface area contributed by atoms with Crippen molar-refractivity contribution in [3.63, 3.8) is 0 Å². The molecule has 0 aliphatic carbocycles. The molecule has 4 N–H and O–H groups in total. The molecule has 128 valence electrons. The summed E-state index contributed by atoms with van der Waals surface area (Å²) in [7, 11) is -5.63. The Morgan fingerprint density at radius 2 is 1.96 bits per heavy atom. The maximum Gasteiger partial charge on any atom is 0.516 e. The lowest BCUT2D eigenvalue weighted by molar-refractivity contribution is -0.0429. The standard InChI is InChI=1S/C11H13F3N4O4S/c1-6-3-4-9(17-23(21,22)11(12,13)14)8(5-6)7(2)16-18(15)10(19)20/h3-5,17H,15H2,1-2H3,(H,19,20)/b16-7+. The van der Waals surface area contributed by atoms with Gasteiger partial charge in [0, 0.05) is 5.56 Å². The predicted octanol–water partition coefficient (Wildman–Crippen LogP) is 1.83. The first-order valence-electron chi connectivity index (χ1n) is 5.88. The minimum Gasteiger partial charge on any atom is -0.463 e. The molecule has 0 atom stereocenters. The maximum absolute atomic E-state index is 12.5. The van der Waals surface area contributed by atoms with Crippen molar-refractivity contribution in [3.8, 4) is 0 Å². The number of nitrogens with zero attached hydrogens (tertiary/aromatic N) is 2. The van der Waals surface area contributed by atoms with Gasteiger partial charge in [-0.3, -0.25) is 4.72 Å². The van der Waals surface area contributed by atoms with Crippen LogP contribution in [0.3, 0.4) is 0 Å². The summed E-state index contributed by atoms with van der Waals surface area (Å²) in [5, 5.41) is 12.1. The van der Waals surface area contributed by atoms with Gasteiger partial charge in [0.1, 0.15) is 0 Å². The molecular weight excluding hydrogens is 341 g/mol. The van der Waals surface area contributed by atoms with Crippen molar-refractivity contribution in [2.45, 2.75) is 19.4 Å². The van der Waals surface area contributed by atoms with Crippen molar-refractivity contribution in [2.75, 3.05) is 4.72 Å². The molecular formula is C11H13F3N4O4S. The summed E-state index contributed by atoms with van der Waals surface area (Å²) in [6.07, 6.45) is -1.60. The van der Waals surface area contributed by atoms with E-state index in [0.717, 1.165) is 6.07 Å². The van der Waals surface area contributed by atoms with Crippen LogP contribution in [-0.4, -0.2) is 36.0 Å². The van der Waals surface area contributed by atoms with Crippen molar-refractivity contribution in [1.82, 2.24) is 5.12 Å². The van der Waals surface area contributed by atoms with E-state index in [4.69, 9.17) is 10.9 Å². The number of hydrazine groups is 1. The number of alkyl halides is 3. The Labute approximate surface area is 129 Å². The summed E-state index contributed by atoms with van der Waals surface area (Å²) in [5.74, 6) is 5.07. The van der Waals surface area contributed by atoms with Gasteiger partial charge in [0.25, 0.3) is 0 Å². The summed E-state index contributed by atoms with van der Waals surface area (Å²) < 4.78 is 61.2. The first kappa shape index (κ1) is 18.7. The molecule has 0 aromatic heterocycles. The molecule has 12 heteroatoms. The number of rotatable bonds is 4. The zero-order chi connectivity index (χ0) is 18.0. The number of aryl methyl sites for hydroxylation is 1. The minimum absolute atomic E-state index is 0.0467. The summed E-state index contributed by atoms with van der Waals surface area (Å²) in [6.45, 7) is 2.87. The average molecular weight is 354 g/mol. The number of carbonyl (C=O) groups is 1. The second kappa shape index (κ2) is 6.42. The largest absolute Gasteiger partial charge is 0.516 e. The average Bonchev–Trinajstić information content (AvgIpc) is 2.38. The molecule has 1 aromatic carbocycles. The number of anilines is 1. The van der Waals surface area contributed by atoms with Crippen LogP contribution in [0.4, 0.5) is 23.7 Å². The number of benzene rings is 1. The molecule has 0 saturated carbocycles. The highest BCUT2D eigenvalue weighted by atomic mass is 32.2. The Bertz CT molecular complexity index is 746. The zero-order valence-electron chi connectivity index (χ0n) is 11.9. The van der Waals surface area contributed by atoms with Crippen LogP contribution in [-0.2, 0) is 10.0 Å². The van der Waals surface area contributed by atoms with Gasteiger partial charge >= 0.3 is 21.6 Å². The number of nitrogens with one attached hydrogen (secondary N) is 1. The highest BCUT2D eigenvalue weighted by molar-refractivity contribution is 7.93. The molecule has 1 rings (SSSR count). The van der Waals surface area contributed by atoms with Gasteiger partial charge in [0.05, 0.1) is 11.4 Å². The third-order valence-corrected chi connectivity index (χ3v) is 3.67. The Hall–Kier alpha value is -2.34. The minimum atomic E-state index is -5.63. The third kappa shape index (κ3) is 4.56. The first-order chi connectivity index (χ1) is 10.3.